The summed E-state index contributed by atoms with van der Waals surface area (Å²) in [4.78, 5) is 29.9. The Balaban J connectivity index is 1.92. The van der Waals surface area contributed by atoms with E-state index in [1.807, 2.05) is 0 Å². The van der Waals surface area contributed by atoms with Gasteiger partial charge in [0, 0.05) is 23.4 Å². The average Bonchev–Trinajstić information content (AvgIpc) is 2.90. The van der Waals surface area contributed by atoms with E-state index in [2.05, 4.69) is 9.97 Å². The van der Waals surface area contributed by atoms with E-state index in [0.717, 1.165) is 0 Å². The van der Waals surface area contributed by atoms with Crippen LogP contribution in [0.3, 0.4) is 0 Å². The maximum absolute atomic E-state index is 11.8. The number of carbonyl (C=O) groups excluding carboxylic acids is 2. The van der Waals surface area contributed by atoms with Gasteiger partial charge in [-0.05, 0) is 24.3 Å². The number of imidazole rings is 1. The topological polar surface area (TPSA) is 62.8 Å². The summed E-state index contributed by atoms with van der Waals surface area (Å²) in [5.74, 6) is -0.186. The highest BCUT2D eigenvalue weighted by Crippen LogP contribution is 2.12. The molecule has 0 aliphatic carbocycles. The van der Waals surface area contributed by atoms with E-state index < -0.39 is 0 Å². The molecule has 1 aromatic heterocycles. The molecule has 0 aliphatic rings. The Bertz CT molecular complexity index is 547. The summed E-state index contributed by atoms with van der Waals surface area (Å²) in [5.41, 5.74) is 0.996. The first-order valence-corrected chi connectivity index (χ1v) is 5.85. The van der Waals surface area contributed by atoms with E-state index in [4.69, 9.17) is 11.6 Å². The standard InChI is InChI=1S/C13H11ClN2O2/c14-10-3-1-9(2-4-10)12(17)5-6-13(18)11-7-15-8-16-11/h1-4,7-8H,5-6H2,(H,15,16). The molecular formula is C13H11ClN2O2. The number of hydrogen-bond donors (Lipinski definition) is 1. The lowest BCUT2D eigenvalue weighted by atomic mass is 10.0. The maximum atomic E-state index is 11.8. The first-order chi connectivity index (χ1) is 8.66. The Morgan fingerprint density at radius 2 is 1.78 bits per heavy atom. The molecular weight excluding hydrogens is 252 g/mol. The molecule has 1 aromatic carbocycles. The molecule has 0 bridgehead atoms. The summed E-state index contributed by atoms with van der Waals surface area (Å²) in [6.07, 6.45) is 3.24. The second-order valence-electron chi connectivity index (χ2n) is 3.82. The monoisotopic (exact) mass is 262 g/mol. The van der Waals surface area contributed by atoms with Crippen molar-refractivity contribution in [1.29, 1.82) is 0 Å². The van der Waals surface area contributed by atoms with Crippen molar-refractivity contribution in [3.05, 3.63) is 53.1 Å². The van der Waals surface area contributed by atoms with Crippen LogP contribution in [0.1, 0.15) is 33.7 Å². The fourth-order valence-corrected chi connectivity index (χ4v) is 1.68. The molecule has 18 heavy (non-hydrogen) atoms. The van der Waals surface area contributed by atoms with Crippen LogP contribution >= 0.6 is 11.6 Å². The molecule has 0 saturated carbocycles. The quantitative estimate of drug-likeness (QED) is 0.843. The van der Waals surface area contributed by atoms with Crippen LogP contribution in [0.4, 0.5) is 0 Å². The number of carbonyl (C=O) groups is 2. The van der Waals surface area contributed by atoms with Crippen LogP contribution in [-0.4, -0.2) is 21.5 Å². The van der Waals surface area contributed by atoms with Crippen LogP contribution in [0.25, 0.3) is 0 Å². The molecule has 0 fully saturated rings. The van der Waals surface area contributed by atoms with E-state index in [1.54, 1.807) is 24.3 Å². The van der Waals surface area contributed by atoms with Gasteiger partial charge < -0.3 is 4.98 Å². The summed E-state index contributed by atoms with van der Waals surface area (Å²) < 4.78 is 0. The smallest absolute Gasteiger partial charge is 0.181 e. The highest BCUT2D eigenvalue weighted by Gasteiger charge is 2.11. The van der Waals surface area contributed by atoms with E-state index in [1.165, 1.54) is 12.5 Å². The van der Waals surface area contributed by atoms with Gasteiger partial charge in [-0.15, -0.1) is 0 Å². The van der Waals surface area contributed by atoms with Crippen LogP contribution in [-0.2, 0) is 0 Å². The number of hydrogen-bond acceptors (Lipinski definition) is 3. The van der Waals surface area contributed by atoms with Crippen LogP contribution in [0, 0.1) is 0 Å². The molecule has 2 rings (SSSR count). The number of Topliss-reactive ketones (excluding diaryl/α,β-unsaturated/α-hetero) is 2. The van der Waals surface area contributed by atoms with Gasteiger partial charge in [-0.25, -0.2) is 4.98 Å². The lowest BCUT2D eigenvalue weighted by Gasteiger charge is -2.00. The SMILES string of the molecule is O=C(CCC(=O)c1cnc[nH]1)c1ccc(Cl)cc1. The molecule has 2 aromatic rings. The molecule has 5 heteroatoms. The number of benzene rings is 1. The van der Waals surface area contributed by atoms with Crippen LogP contribution in [0.5, 0.6) is 0 Å². The molecule has 4 nitrogen and oxygen atoms in total. The summed E-state index contributed by atoms with van der Waals surface area (Å²) in [6.45, 7) is 0. The number of rotatable bonds is 5. The number of aromatic nitrogens is 2. The van der Waals surface area contributed by atoms with Gasteiger partial charge in [0.15, 0.2) is 11.6 Å². The number of nitrogens with zero attached hydrogens (tertiary/aromatic N) is 1. The highest BCUT2D eigenvalue weighted by atomic mass is 35.5. The molecule has 0 unspecified atom stereocenters. The van der Waals surface area contributed by atoms with E-state index in [0.29, 0.717) is 16.3 Å². The number of nitrogens with one attached hydrogen (secondary N) is 1. The van der Waals surface area contributed by atoms with E-state index in [-0.39, 0.29) is 24.4 Å². The number of H-pyrrole nitrogens is 1. The Morgan fingerprint density at radius 3 is 2.39 bits per heavy atom. The second-order valence-corrected chi connectivity index (χ2v) is 4.25. The van der Waals surface area contributed by atoms with Gasteiger partial charge in [-0.3, -0.25) is 9.59 Å². The summed E-state index contributed by atoms with van der Waals surface area (Å²) in [7, 11) is 0. The third-order valence-corrected chi connectivity index (χ3v) is 2.80. The Labute approximate surface area is 109 Å². The van der Waals surface area contributed by atoms with Gasteiger partial charge in [0.25, 0.3) is 0 Å². The summed E-state index contributed by atoms with van der Waals surface area (Å²) >= 11 is 5.73. The minimum Gasteiger partial charge on any atom is -0.342 e. The number of ketones is 2. The van der Waals surface area contributed by atoms with Crippen LogP contribution < -0.4 is 0 Å². The molecule has 0 amide bonds. The first-order valence-electron chi connectivity index (χ1n) is 5.47. The molecule has 1 N–H and O–H groups in total. The van der Waals surface area contributed by atoms with Crippen molar-refractivity contribution in [2.45, 2.75) is 12.8 Å². The normalized spacial score (nSPS) is 10.3. The lowest BCUT2D eigenvalue weighted by Crippen LogP contribution is -2.05. The zero-order chi connectivity index (χ0) is 13.0. The largest absolute Gasteiger partial charge is 0.342 e. The fourth-order valence-electron chi connectivity index (χ4n) is 1.55. The molecule has 0 saturated heterocycles. The predicted molar refractivity (Wildman–Crippen MR) is 67.9 cm³/mol. The van der Waals surface area contributed by atoms with Gasteiger partial charge in [-0.2, -0.15) is 0 Å². The van der Waals surface area contributed by atoms with Crippen molar-refractivity contribution in [1.82, 2.24) is 9.97 Å². The summed E-state index contributed by atoms with van der Waals surface area (Å²) in [6, 6.07) is 6.63. The number of halogens is 1. The molecule has 0 aliphatic heterocycles. The predicted octanol–water partition coefficient (Wildman–Crippen LogP) is 2.91. The molecule has 92 valence electrons. The molecule has 1 heterocycles. The zero-order valence-corrected chi connectivity index (χ0v) is 10.3. The zero-order valence-electron chi connectivity index (χ0n) is 9.52. The van der Waals surface area contributed by atoms with Crippen molar-refractivity contribution in [3.63, 3.8) is 0 Å². The molecule has 0 atom stereocenters. The highest BCUT2D eigenvalue weighted by molar-refractivity contribution is 6.30. The fraction of sp³-hybridized carbons (Fsp3) is 0.154. The second kappa shape index (κ2) is 5.60. The van der Waals surface area contributed by atoms with Crippen molar-refractivity contribution >= 4 is 23.2 Å². The average molecular weight is 263 g/mol. The lowest BCUT2D eigenvalue weighted by molar-refractivity contribution is 0.0915. The van der Waals surface area contributed by atoms with Gasteiger partial charge in [-0.1, -0.05) is 11.6 Å². The van der Waals surface area contributed by atoms with Gasteiger partial charge >= 0.3 is 0 Å². The number of aromatic amines is 1. The van der Waals surface area contributed by atoms with E-state index in [9.17, 15) is 9.59 Å². The molecule has 0 spiro atoms. The third kappa shape index (κ3) is 3.05. The Kier molecular flexibility index (Phi) is 3.89. The van der Waals surface area contributed by atoms with Crippen LogP contribution in [0.15, 0.2) is 36.8 Å². The van der Waals surface area contributed by atoms with Gasteiger partial charge in [0.05, 0.1) is 12.5 Å². The minimum atomic E-state index is -0.116. The maximum Gasteiger partial charge on any atom is 0.181 e. The van der Waals surface area contributed by atoms with Crippen molar-refractivity contribution < 1.29 is 9.59 Å². The molecule has 0 radical (unpaired) electrons. The van der Waals surface area contributed by atoms with Gasteiger partial charge in [0.2, 0.25) is 0 Å². The van der Waals surface area contributed by atoms with Gasteiger partial charge in [0.1, 0.15) is 5.69 Å². The Hall–Kier alpha value is -1.94. The summed E-state index contributed by atoms with van der Waals surface area (Å²) in [5, 5.41) is 0.583. The Morgan fingerprint density at radius 1 is 1.11 bits per heavy atom. The van der Waals surface area contributed by atoms with Crippen molar-refractivity contribution in [2.75, 3.05) is 0 Å². The van der Waals surface area contributed by atoms with E-state index >= 15 is 0 Å². The van der Waals surface area contributed by atoms with Crippen molar-refractivity contribution in [3.8, 4) is 0 Å². The first kappa shape index (κ1) is 12.5. The van der Waals surface area contributed by atoms with Crippen LogP contribution in [0.2, 0.25) is 5.02 Å². The minimum absolute atomic E-state index is 0.0699. The van der Waals surface area contributed by atoms with Crippen molar-refractivity contribution in [2.24, 2.45) is 0 Å². The third-order valence-electron chi connectivity index (χ3n) is 2.54.